The molecule has 0 aromatic heterocycles. The van der Waals surface area contributed by atoms with Gasteiger partial charge in [0, 0.05) is 29.8 Å². The smallest absolute Gasteiger partial charge is 0.0665 e. The molecule has 0 aliphatic heterocycles. The van der Waals surface area contributed by atoms with Gasteiger partial charge in [0.25, 0.3) is 0 Å². The van der Waals surface area contributed by atoms with E-state index >= 15 is 0 Å². The Morgan fingerprint density at radius 1 is 1.22 bits per heavy atom. The van der Waals surface area contributed by atoms with Crippen LogP contribution in [0.2, 0.25) is 5.02 Å². The maximum atomic E-state index is 9.72. The molecule has 0 radical (unpaired) electrons. The highest BCUT2D eigenvalue weighted by Gasteiger charge is 2.04. The van der Waals surface area contributed by atoms with Crippen molar-refractivity contribution in [3.05, 3.63) is 29.3 Å². The third kappa shape index (κ3) is 6.84. The number of nitrogens with one attached hydrogen (secondary N) is 2. The summed E-state index contributed by atoms with van der Waals surface area (Å²) in [5.74, 6) is 0. The number of aliphatic hydroxyl groups is 1. The van der Waals surface area contributed by atoms with Gasteiger partial charge in [-0.15, -0.1) is 0 Å². The van der Waals surface area contributed by atoms with E-state index < -0.39 is 0 Å². The van der Waals surface area contributed by atoms with Crippen LogP contribution in [-0.2, 0) is 0 Å². The van der Waals surface area contributed by atoms with E-state index in [2.05, 4.69) is 24.5 Å². The van der Waals surface area contributed by atoms with E-state index in [9.17, 15) is 5.11 Å². The Kier molecular flexibility index (Phi) is 7.09. The van der Waals surface area contributed by atoms with Crippen LogP contribution in [0.1, 0.15) is 26.7 Å². The van der Waals surface area contributed by atoms with Crippen molar-refractivity contribution in [2.75, 3.05) is 18.4 Å². The van der Waals surface area contributed by atoms with Crippen LogP contribution < -0.4 is 10.6 Å². The molecular weight excluding hydrogens is 248 g/mol. The summed E-state index contributed by atoms with van der Waals surface area (Å²) in [5.41, 5.74) is 1.06. The summed E-state index contributed by atoms with van der Waals surface area (Å²) in [6, 6.07) is 8.07. The number of halogens is 1. The zero-order chi connectivity index (χ0) is 13.4. The number of aliphatic hydroxyl groups excluding tert-OH is 1. The molecule has 1 aromatic rings. The number of benzene rings is 1. The standard InChI is InChI=1S/C14H23ClN2O/c1-11(2)17-10-14(18)4-3-9-16-13-7-5-12(15)6-8-13/h5-8,11,14,16-18H,3-4,9-10H2,1-2H3/t14-/m0/s1. The van der Waals surface area contributed by atoms with E-state index in [1.807, 2.05) is 24.3 Å². The van der Waals surface area contributed by atoms with E-state index in [0.29, 0.717) is 12.6 Å². The van der Waals surface area contributed by atoms with Crippen LogP contribution in [0.3, 0.4) is 0 Å². The number of anilines is 1. The SMILES string of the molecule is CC(C)NC[C@@H](O)CCCNc1ccc(Cl)cc1. The molecule has 0 bridgehead atoms. The highest BCUT2D eigenvalue weighted by molar-refractivity contribution is 6.30. The first-order valence-corrected chi connectivity index (χ1v) is 6.86. The van der Waals surface area contributed by atoms with Crippen molar-refractivity contribution >= 4 is 17.3 Å². The second-order valence-electron chi connectivity index (χ2n) is 4.79. The predicted molar refractivity (Wildman–Crippen MR) is 78.3 cm³/mol. The van der Waals surface area contributed by atoms with Gasteiger partial charge in [-0.05, 0) is 37.1 Å². The lowest BCUT2D eigenvalue weighted by molar-refractivity contribution is 0.157. The number of hydrogen-bond donors (Lipinski definition) is 3. The minimum absolute atomic E-state index is 0.264. The fourth-order valence-corrected chi connectivity index (χ4v) is 1.74. The third-order valence-corrected chi connectivity index (χ3v) is 2.90. The molecule has 18 heavy (non-hydrogen) atoms. The Hall–Kier alpha value is -0.770. The average molecular weight is 271 g/mol. The fourth-order valence-electron chi connectivity index (χ4n) is 1.61. The van der Waals surface area contributed by atoms with Gasteiger partial charge in [0.1, 0.15) is 0 Å². The monoisotopic (exact) mass is 270 g/mol. The molecule has 1 aromatic carbocycles. The zero-order valence-electron chi connectivity index (χ0n) is 11.1. The van der Waals surface area contributed by atoms with Gasteiger partial charge in [-0.2, -0.15) is 0 Å². The molecule has 1 rings (SSSR count). The molecule has 0 aliphatic rings. The van der Waals surface area contributed by atoms with Gasteiger partial charge in [0.2, 0.25) is 0 Å². The molecular formula is C14H23ClN2O. The minimum Gasteiger partial charge on any atom is -0.392 e. The number of rotatable bonds is 8. The van der Waals surface area contributed by atoms with Crippen LogP contribution in [-0.4, -0.2) is 30.3 Å². The number of hydrogen-bond acceptors (Lipinski definition) is 3. The Bertz CT molecular complexity index is 327. The molecule has 0 amide bonds. The van der Waals surface area contributed by atoms with Crippen LogP contribution in [0.4, 0.5) is 5.69 Å². The van der Waals surface area contributed by atoms with Crippen LogP contribution in [0.5, 0.6) is 0 Å². The van der Waals surface area contributed by atoms with Crippen molar-refractivity contribution in [1.82, 2.24) is 5.32 Å². The quantitative estimate of drug-likeness (QED) is 0.637. The zero-order valence-corrected chi connectivity index (χ0v) is 11.9. The van der Waals surface area contributed by atoms with E-state index in [0.717, 1.165) is 30.1 Å². The van der Waals surface area contributed by atoms with E-state index in [1.165, 1.54) is 0 Å². The summed E-state index contributed by atoms with van der Waals surface area (Å²) in [4.78, 5) is 0. The van der Waals surface area contributed by atoms with Crippen molar-refractivity contribution in [3.8, 4) is 0 Å². The lowest BCUT2D eigenvalue weighted by Gasteiger charge is -2.14. The maximum absolute atomic E-state index is 9.72. The Balaban J connectivity index is 2.09. The van der Waals surface area contributed by atoms with Gasteiger partial charge in [-0.3, -0.25) is 0 Å². The van der Waals surface area contributed by atoms with Gasteiger partial charge in [0.05, 0.1) is 6.10 Å². The predicted octanol–water partition coefficient (Wildman–Crippen LogP) is 2.89. The highest BCUT2D eigenvalue weighted by Crippen LogP contribution is 2.13. The molecule has 3 nitrogen and oxygen atoms in total. The topological polar surface area (TPSA) is 44.3 Å². The average Bonchev–Trinajstić information content (AvgIpc) is 2.34. The molecule has 1 atom stereocenters. The summed E-state index contributed by atoms with van der Waals surface area (Å²) < 4.78 is 0. The largest absolute Gasteiger partial charge is 0.392 e. The molecule has 0 aliphatic carbocycles. The first-order valence-electron chi connectivity index (χ1n) is 6.49. The second kappa shape index (κ2) is 8.35. The van der Waals surface area contributed by atoms with Crippen LogP contribution in [0, 0.1) is 0 Å². The third-order valence-electron chi connectivity index (χ3n) is 2.65. The Morgan fingerprint density at radius 3 is 2.50 bits per heavy atom. The van der Waals surface area contributed by atoms with Gasteiger partial charge in [-0.25, -0.2) is 0 Å². The van der Waals surface area contributed by atoms with E-state index in [1.54, 1.807) is 0 Å². The molecule has 0 saturated heterocycles. The summed E-state index contributed by atoms with van der Waals surface area (Å²) in [7, 11) is 0. The summed E-state index contributed by atoms with van der Waals surface area (Å²) in [6.45, 7) is 5.68. The summed E-state index contributed by atoms with van der Waals surface area (Å²) in [6.07, 6.45) is 1.49. The van der Waals surface area contributed by atoms with Crippen molar-refractivity contribution < 1.29 is 5.11 Å². The van der Waals surface area contributed by atoms with Crippen molar-refractivity contribution in [3.63, 3.8) is 0 Å². The Labute approximate surface area is 115 Å². The molecule has 102 valence electrons. The molecule has 0 fully saturated rings. The van der Waals surface area contributed by atoms with Gasteiger partial charge >= 0.3 is 0 Å². The van der Waals surface area contributed by atoms with Crippen LogP contribution in [0.25, 0.3) is 0 Å². The lowest BCUT2D eigenvalue weighted by atomic mass is 10.2. The fraction of sp³-hybridized carbons (Fsp3) is 0.571. The first kappa shape index (κ1) is 15.3. The molecule has 0 heterocycles. The molecule has 4 heteroatoms. The summed E-state index contributed by atoms with van der Waals surface area (Å²) in [5, 5.41) is 17.0. The van der Waals surface area contributed by atoms with Crippen molar-refractivity contribution in [2.45, 2.75) is 38.8 Å². The lowest BCUT2D eigenvalue weighted by Crippen LogP contribution is -2.32. The molecule has 0 unspecified atom stereocenters. The molecule has 3 N–H and O–H groups in total. The van der Waals surface area contributed by atoms with Crippen molar-refractivity contribution in [1.29, 1.82) is 0 Å². The molecule has 0 saturated carbocycles. The van der Waals surface area contributed by atoms with Crippen LogP contribution >= 0.6 is 11.6 Å². The highest BCUT2D eigenvalue weighted by atomic mass is 35.5. The molecule has 0 spiro atoms. The van der Waals surface area contributed by atoms with Gasteiger partial charge < -0.3 is 15.7 Å². The van der Waals surface area contributed by atoms with Gasteiger partial charge in [-0.1, -0.05) is 25.4 Å². The van der Waals surface area contributed by atoms with Crippen LogP contribution in [0.15, 0.2) is 24.3 Å². The second-order valence-corrected chi connectivity index (χ2v) is 5.23. The minimum atomic E-state index is -0.264. The summed E-state index contributed by atoms with van der Waals surface area (Å²) >= 11 is 5.81. The normalized spacial score (nSPS) is 12.7. The first-order chi connectivity index (χ1) is 8.58. The Morgan fingerprint density at radius 2 is 1.89 bits per heavy atom. The van der Waals surface area contributed by atoms with E-state index in [4.69, 9.17) is 11.6 Å². The maximum Gasteiger partial charge on any atom is 0.0665 e. The van der Waals surface area contributed by atoms with Crippen molar-refractivity contribution in [2.24, 2.45) is 0 Å². The van der Waals surface area contributed by atoms with E-state index in [-0.39, 0.29) is 6.10 Å². The van der Waals surface area contributed by atoms with Gasteiger partial charge in [0.15, 0.2) is 0 Å².